The summed E-state index contributed by atoms with van der Waals surface area (Å²) >= 11 is 0. The summed E-state index contributed by atoms with van der Waals surface area (Å²) in [6.07, 6.45) is -0.109. The number of pyridine rings is 1. The summed E-state index contributed by atoms with van der Waals surface area (Å²) < 4.78 is 0. The molecule has 0 saturated carbocycles. The van der Waals surface area contributed by atoms with Gasteiger partial charge in [-0.2, -0.15) is 0 Å². The van der Waals surface area contributed by atoms with E-state index in [9.17, 15) is 9.90 Å². The number of aromatic nitrogens is 1. The van der Waals surface area contributed by atoms with E-state index in [2.05, 4.69) is 4.98 Å². The first kappa shape index (κ1) is 7.72. The van der Waals surface area contributed by atoms with Gasteiger partial charge in [0.2, 0.25) is 0 Å². The summed E-state index contributed by atoms with van der Waals surface area (Å²) in [7, 11) is 0. The molecule has 0 unspecified atom stereocenters. The fraction of sp³-hybridized carbons (Fsp3) is 0.250. The molecule has 1 rings (SSSR count). The summed E-state index contributed by atoms with van der Waals surface area (Å²) in [6.45, 7) is 1.82. The van der Waals surface area contributed by atoms with Crippen LogP contribution in [0, 0.1) is 6.92 Å². The van der Waals surface area contributed by atoms with Crippen LogP contribution in [0.15, 0.2) is 18.2 Å². The Kier molecular flexibility index (Phi) is 2.21. The second kappa shape index (κ2) is 3.14. The van der Waals surface area contributed by atoms with Gasteiger partial charge in [-0.15, -0.1) is 0 Å². The van der Waals surface area contributed by atoms with E-state index in [1.807, 2.05) is 13.0 Å². The smallest absolute Gasteiger partial charge is 0.0473 e. The molecule has 0 aliphatic heterocycles. The number of aryl methyl sites for hydroxylation is 1. The average molecular weight is 150 g/mol. The predicted molar refractivity (Wildman–Crippen MR) is 37.7 cm³/mol. The molecule has 11 heavy (non-hydrogen) atoms. The summed E-state index contributed by atoms with van der Waals surface area (Å²) in [4.78, 5) is 14.1. The molecule has 0 bridgehead atoms. The van der Waals surface area contributed by atoms with E-state index in [1.54, 1.807) is 12.1 Å². The fourth-order valence-corrected chi connectivity index (χ4v) is 0.846. The molecule has 1 aromatic heterocycles. The van der Waals surface area contributed by atoms with Crippen LogP contribution in [0.2, 0.25) is 0 Å². The maximum atomic E-state index is 10.1. The van der Waals surface area contributed by atoms with Gasteiger partial charge < -0.3 is 9.90 Å². The monoisotopic (exact) mass is 150 g/mol. The molecule has 3 nitrogen and oxygen atoms in total. The van der Waals surface area contributed by atoms with E-state index in [1.165, 1.54) is 0 Å². The van der Waals surface area contributed by atoms with Gasteiger partial charge in [0.15, 0.2) is 0 Å². The molecule has 0 aliphatic carbocycles. The van der Waals surface area contributed by atoms with Crippen molar-refractivity contribution < 1.29 is 9.90 Å². The number of carboxylic acid groups (broad SMARTS) is 1. The second-order valence-electron chi connectivity index (χ2n) is 2.32. The number of aliphatic carboxylic acids is 1. The van der Waals surface area contributed by atoms with Crippen molar-refractivity contribution >= 4 is 5.97 Å². The fourth-order valence-electron chi connectivity index (χ4n) is 0.846. The van der Waals surface area contributed by atoms with Crippen LogP contribution in [0.3, 0.4) is 0 Å². The zero-order valence-electron chi connectivity index (χ0n) is 6.20. The zero-order chi connectivity index (χ0) is 8.27. The lowest BCUT2D eigenvalue weighted by Crippen LogP contribution is -2.24. The maximum Gasteiger partial charge on any atom is 0.0473 e. The van der Waals surface area contributed by atoms with E-state index in [0.29, 0.717) is 5.69 Å². The van der Waals surface area contributed by atoms with Crippen LogP contribution in [0.1, 0.15) is 11.4 Å². The van der Waals surface area contributed by atoms with Crippen molar-refractivity contribution in [3.63, 3.8) is 0 Å². The van der Waals surface area contributed by atoms with Crippen LogP contribution >= 0.6 is 0 Å². The molecule has 3 heteroatoms. The molecule has 0 saturated heterocycles. The van der Waals surface area contributed by atoms with Gasteiger partial charge >= 0.3 is 0 Å². The summed E-state index contributed by atoms with van der Waals surface area (Å²) in [5.74, 6) is -1.09. The van der Waals surface area contributed by atoms with Gasteiger partial charge in [0.05, 0.1) is 0 Å². The molecule has 0 N–H and O–H groups in total. The van der Waals surface area contributed by atoms with Gasteiger partial charge in [0.1, 0.15) is 0 Å². The van der Waals surface area contributed by atoms with E-state index < -0.39 is 5.97 Å². The van der Waals surface area contributed by atoms with Gasteiger partial charge in [-0.05, 0) is 19.1 Å². The van der Waals surface area contributed by atoms with Crippen LogP contribution in [-0.2, 0) is 11.2 Å². The molecule has 0 amide bonds. The van der Waals surface area contributed by atoms with Crippen LogP contribution in [0.25, 0.3) is 0 Å². The average Bonchev–Trinajstić information content (AvgIpc) is 1.85. The summed E-state index contributed by atoms with van der Waals surface area (Å²) in [6, 6.07) is 5.27. The quantitative estimate of drug-likeness (QED) is 0.580. The van der Waals surface area contributed by atoms with E-state index in [0.717, 1.165) is 5.69 Å². The summed E-state index contributed by atoms with van der Waals surface area (Å²) in [5, 5.41) is 10.1. The number of carbonyl (C=O) groups is 1. The first-order chi connectivity index (χ1) is 5.18. The normalized spacial score (nSPS) is 9.55. The number of rotatable bonds is 2. The minimum Gasteiger partial charge on any atom is -0.550 e. The van der Waals surface area contributed by atoms with Crippen molar-refractivity contribution in [1.82, 2.24) is 4.98 Å². The lowest BCUT2D eigenvalue weighted by Gasteiger charge is -2.01. The lowest BCUT2D eigenvalue weighted by molar-refractivity contribution is -0.304. The Morgan fingerprint density at radius 1 is 1.64 bits per heavy atom. The van der Waals surface area contributed by atoms with E-state index in [4.69, 9.17) is 0 Å². The Hall–Kier alpha value is -1.38. The van der Waals surface area contributed by atoms with Gasteiger partial charge in [-0.1, -0.05) is 6.07 Å². The predicted octanol–water partition coefficient (Wildman–Crippen LogP) is -0.318. The minimum atomic E-state index is -1.09. The molecule has 58 valence electrons. The molecule has 0 aliphatic rings. The Bertz CT molecular complexity index is 271. The standard InChI is InChI=1S/C8H9NO2/c1-6-3-2-4-7(9-6)5-8(10)11/h2-4H,5H2,1H3,(H,10,11)/p-1. The van der Waals surface area contributed by atoms with Crippen LogP contribution < -0.4 is 5.11 Å². The van der Waals surface area contributed by atoms with Crippen molar-refractivity contribution in [1.29, 1.82) is 0 Å². The second-order valence-corrected chi connectivity index (χ2v) is 2.32. The molecule has 0 aromatic carbocycles. The molecular weight excluding hydrogens is 142 g/mol. The van der Waals surface area contributed by atoms with Gasteiger partial charge in [0, 0.05) is 23.8 Å². The van der Waals surface area contributed by atoms with Gasteiger partial charge in [-0.3, -0.25) is 4.98 Å². The Balaban J connectivity index is 2.79. The highest BCUT2D eigenvalue weighted by atomic mass is 16.4. The van der Waals surface area contributed by atoms with Crippen molar-refractivity contribution in [2.75, 3.05) is 0 Å². The zero-order valence-corrected chi connectivity index (χ0v) is 6.20. The topological polar surface area (TPSA) is 53.0 Å². The highest BCUT2D eigenvalue weighted by molar-refractivity contribution is 5.67. The number of hydrogen-bond acceptors (Lipinski definition) is 3. The first-order valence-corrected chi connectivity index (χ1v) is 3.31. The molecule has 0 atom stereocenters. The Morgan fingerprint density at radius 3 is 2.91 bits per heavy atom. The number of carbonyl (C=O) groups excluding carboxylic acids is 1. The van der Waals surface area contributed by atoms with Crippen LogP contribution in [0.5, 0.6) is 0 Å². The van der Waals surface area contributed by atoms with Crippen molar-refractivity contribution in [2.24, 2.45) is 0 Å². The third-order valence-electron chi connectivity index (χ3n) is 1.27. The summed E-state index contributed by atoms with van der Waals surface area (Å²) in [5.41, 5.74) is 1.37. The molecule has 1 aromatic rings. The Morgan fingerprint density at radius 2 is 2.36 bits per heavy atom. The minimum absolute atomic E-state index is 0.109. The molecule has 1 heterocycles. The third-order valence-corrected chi connectivity index (χ3v) is 1.27. The number of carboxylic acids is 1. The highest BCUT2D eigenvalue weighted by Gasteiger charge is 1.93. The third kappa shape index (κ3) is 2.37. The lowest BCUT2D eigenvalue weighted by atomic mass is 10.2. The first-order valence-electron chi connectivity index (χ1n) is 3.31. The SMILES string of the molecule is Cc1cccc(CC(=O)[O-])n1. The van der Waals surface area contributed by atoms with E-state index >= 15 is 0 Å². The van der Waals surface area contributed by atoms with E-state index in [-0.39, 0.29) is 6.42 Å². The van der Waals surface area contributed by atoms with Crippen molar-refractivity contribution in [3.05, 3.63) is 29.6 Å². The van der Waals surface area contributed by atoms with Gasteiger partial charge in [0.25, 0.3) is 0 Å². The largest absolute Gasteiger partial charge is 0.550 e. The molecule has 0 spiro atoms. The van der Waals surface area contributed by atoms with Crippen molar-refractivity contribution in [2.45, 2.75) is 13.3 Å². The number of nitrogens with zero attached hydrogens (tertiary/aromatic N) is 1. The molecule has 0 fully saturated rings. The Labute approximate surface area is 64.7 Å². The van der Waals surface area contributed by atoms with Crippen molar-refractivity contribution in [3.8, 4) is 0 Å². The molecular formula is C8H8NO2-. The van der Waals surface area contributed by atoms with Gasteiger partial charge in [-0.25, -0.2) is 0 Å². The van der Waals surface area contributed by atoms with Crippen LogP contribution in [-0.4, -0.2) is 11.0 Å². The maximum absolute atomic E-state index is 10.1. The number of hydrogen-bond donors (Lipinski definition) is 0. The van der Waals surface area contributed by atoms with Crippen LogP contribution in [0.4, 0.5) is 0 Å². The highest BCUT2D eigenvalue weighted by Crippen LogP contribution is 1.97. The molecule has 0 radical (unpaired) electrons.